The van der Waals surface area contributed by atoms with Crippen molar-refractivity contribution in [2.24, 2.45) is 18.4 Å². The Morgan fingerprint density at radius 2 is 2.24 bits per heavy atom. The SMILES string of the molecule is CCC1CCC(C#N)(Cc2cn(C)nn2)CC1. The zero-order valence-electron chi connectivity index (χ0n) is 10.7. The first-order chi connectivity index (χ1) is 8.17. The van der Waals surface area contributed by atoms with Gasteiger partial charge in [0, 0.05) is 19.7 Å². The highest BCUT2D eigenvalue weighted by Crippen LogP contribution is 2.41. The average Bonchev–Trinajstić information content (AvgIpc) is 2.75. The fourth-order valence-corrected chi connectivity index (χ4v) is 2.79. The van der Waals surface area contributed by atoms with Crippen LogP contribution in [0.15, 0.2) is 6.20 Å². The van der Waals surface area contributed by atoms with Crippen molar-refractivity contribution in [1.29, 1.82) is 5.26 Å². The van der Waals surface area contributed by atoms with Gasteiger partial charge in [-0.25, -0.2) is 0 Å². The molecular formula is C13H20N4. The van der Waals surface area contributed by atoms with E-state index < -0.39 is 0 Å². The molecule has 0 spiro atoms. The van der Waals surface area contributed by atoms with Crippen molar-refractivity contribution in [2.75, 3.05) is 0 Å². The summed E-state index contributed by atoms with van der Waals surface area (Å²) >= 11 is 0. The Morgan fingerprint density at radius 3 is 2.71 bits per heavy atom. The largest absolute Gasteiger partial charge is 0.255 e. The van der Waals surface area contributed by atoms with Crippen LogP contribution in [0.5, 0.6) is 0 Å². The molecule has 0 atom stereocenters. The van der Waals surface area contributed by atoms with Crippen LogP contribution < -0.4 is 0 Å². The number of rotatable bonds is 3. The fraction of sp³-hybridized carbons (Fsp3) is 0.769. The third-order valence-electron chi connectivity index (χ3n) is 4.05. The Morgan fingerprint density at radius 1 is 1.53 bits per heavy atom. The summed E-state index contributed by atoms with van der Waals surface area (Å²) in [6, 6.07) is 2.54. The van der Waals surface area contributed by atoms with Crippen molar-refractivity contribution in [2.45, 2.75) is 45.4 Å². The summed E-state index contributed by atoms with van der Waals surface area (Å²) in [5.74, 6) is 0.818. The zero-order valence-corrected chi connectivity index (χ0v) is 10.7. The first kappa shape index (κ1) is 12.1. The molecule has 0 N–H and O–H groups in total. The van der Waals surface area contributed by atoms with E-state index in [1.807, 2.05) is 13.2 Å². The second-order valence-electron chi connectivity index (χ2n) is 5.30. The lowest BCUT2D eigenvalue weighted by Crippen LogP contribution is -2.28. The van der Waals surface area contributed by atoms with Gasteiger partial charge in [-0.05, 0) is 31.6 Å². The van der Waals surface area contributed by atoms with Crippen LogP contribution in [-0.2, 0) is 13.5 Å². The number of aryl methyl sites for hydroxylation is 1. The molecule has 0 saturated heterocycles. The van der Waals surface area contributed by atoms with E-state index in [-0.39, 0.29) is 5.41 Å². The smallest absolute Gasteiger partial charge is 0.0842 e. The van der Waals surface area contributed by atoms with E-state index in [1.165, 1.54) is 19.3 Å². The summed E-state index contributed by atoms with van der Waals surface area (Å²) < 4.78 is 1.71. The molecule has 1 saturated carbocycles. The third kappa shape index (κ3) is 2.66. The fourth-order valence-electron chi connectivity index (χ4n) is 2.79. The maximum Gasteiger partial charge on any atom is 0.0842 e. The quantitative estimate of drug-likeness (QED) is 0.804. The average molecular weight is 232 g/mol. The lowest BCUT2D eigenvalue weighted by Gasteiger charge is -2.34. The van der Waals surface area contributed by atoms with Crippen LogP contribution in [-0.4, -0.2) is 15.0 Å². The van der Waals surface area contributed by atoms with Crippen molar-refractivity contribution in [3.05, 3.63) is 11.9 Å². The van der Waals surface area contributed by atoms with Gasteiger partial charge in [0.05, 0.1) is 17.2 Å². The normalized spacial score (nSPS) is 28.9. The highest BCUT2D eigenvalue weighted by atomic mass is 15.4. The van der Waals surface area contributed by atoms with Crippen molar-refractivity contribution < 1.29 is 0 Å². The monoisotopic (exact) mass is 232 g/mol. The number of hydrogen-bond donors (Lipinski definition) is 0. The number of nitriles is 1. The summed E-state index contributed by atoms with van der Waals surface area (Å²) in [5, 5.41) is 17.5. The summed E-state index contributed by atoms with van der Waals surface area (Å²) in [4.78, 5) is 0. The Balaban J connectivity index is 2.04. The van der Waals surface area contributed by atoms with Gasteiger partial charge in [0.1, 0.15) is 0 Å². The first-order valence-electron chi connectivity index (χ1n) is 6.44. The zero-order chi connectivity index (χ0) is 12.3. The van der Waals surface area contributed by atoms with Crippen molar-refractivity contribution in [1.82, 2.24) is 15.0 Å². The van der Waals surface area contributed by atoms with Crippen LogP contribution in [0.25, 0.3) is 0 Å². The minimum Gasteiger partial charge on any atom is -0.255 e. The maximum absolute atomic E-state index is 9.46. The molecule has 1 heterocycles. The minimum absolute atomic E-state index is 0.193. The van der Waals surface area contributed by atoms with E-state index >= 15 is 0 Å². The second kappa shape index (κ2) is 4.87. The van der Waals surface area contributed by atoms with Gasteiger partial charge < -0.3 is 0 Å². The lowest BCUT2D eigenvalue weighted by molar-refractivity contribution is 0.204. The summed E-state index contributed by atoms with van der Waals surface area (Å²) in [6.45, 7) is 2.24. The summed E-state index contributed by atoms with van der Waals surface area (Å²) in [6.07, 6.45) is 8.32. The van der Waals surface area contributed by atoms with Gasteiger partial charge in [-0.15, -0.1) is 5.10 Å². The Bertz CT molecular complexity index is 407. The van der Waals surface area contributed by atoms with Crippen molar-refractivity contribution in [3.8, 4) is 6.07 Å². The van der Waals surface area contributed by atoms with E-state index in [2.05, 4.69) is 23.3 Å². The molecule has 0 amide bonds. The molecule has 0 unspecified atom stereocenters. The standard InChI is InChI=1S/C13H20N4/c1-3-11-4-6-13(10-14,7-5-11)8-12-9-17(2)16-15-12/h9,11H,3-8H2,1-2H3. The molecule has 1 fully saturated rings. The molecule has 4 heteroatoms. The van der Waals surface area contributed by atoms with E-state index in [4.69, 9.17) is 0 Å². The van der Waals surface area contributed by atoms with Crippen LogP contribution in [0.3, 0.4) is 0 Å². The highest BCUT2D eigenvalue weighted by molar-refractivity contribution is 5.09. The Kier molecular flexibility index (Phi) is 3.46. The van der Waals surface area contributed by atoms with Crippen LogP contribution in [0.2, 0.25) is 0 Å². The van der Waals surface area contributed by atoms with Gasteiger partial charge in [-0.3, -0.25) is 4.68 Å². The van der Waals surface area contributed by atoms with Gasteiger partial charge in [0.25, 0.3) is 0 Å². The van der Waals surface area contributed by atoms with E-state index in [0.717, 1.165) is 30.9 Å². The van der Waals surface area contributed by atoms with Gasteiger partial charge in [-0.2, -0.15) is 5.26 Å². The second-order valence-corrected chi connectivity index (χ2v) is 5.30. The molecule has 1 aromatic heterocycles. The van der Waals surface area contributed by atoms with E-state index in [1.54, 1.807) is 4.68 Å². The minimum atomic E-state index is -0.193. The molecular weight excluding hydrogens is 212 g/mol. The van der Waals surface area contributed by atoms with Crippen molar-refractivity contribution in [3.63, 3.8) is 0 Å². The number of hydrogen-bond acceptors (Lipinski definition) is 3. The van der Waals surface area contributed by atoms with Crippen LogP contribution in [0, 0.1) is 22.7 Å². The van der Waals surface area contributed by atoms with Crippen molar-refractivity contribution >= 4 is 0 Å². The Hall–Kier alpha value is -1.37. The molecule has 2 rings (SSSR count). The van der Waals surface area contributed by atoms with Crippen LogP contribution in [0.1, 0.15) is 44.7 Å². The molecule has 1 aromatic rings. The molecule has 0 aliphatic heterocycles. The molecule has 0 aromatic carbocycles. The molecule has 0 bridgehead atoms. The highest BCUT2D eigenvalue weighted by Gasteiger charge is 2.35. The molecule has 0 radical (unpaired) electrons. The van der Waals surface area contributed by atoms with Gasteiger partial charge in [0.2, 0.25) is 0 Å². The molecule has 1 aliphatic rings. The molecule has 17 heavy (non-hydrogen) atoms. The van der Waals surface area contributed by atoms with Gasteiger partial charge >= 0.3 is 0 Å². The first-order valence-corrected chi connectivity index (χ1v) is 6.44. The topological polar surface area (TPSA) is 54.5 Å². The van der Waals surface area contributed by atoms with Gasteiger partial charge in [-0.1, -0.05) is 18.6 Å². The summed E-state index contributed by atoms with van der Waals surface area (Å²) in [7, 11) is 1.86. The predicted octanol–water partition coefficient (Wildman–Crippen LogP) is 2.47. The predicted molar refractivity (Wildman–Crippen MR) is 65.0 cm³/mol. The maximum atomic E-state index is 9.46. The van der Waals surface area contributed by atoms with Gasteiger partial charge in [0.15, 0.2) is 0 Å². The molecule has 92 valence electrons. The third-order valence-corrected chi connectivity index (χ3v) is 4.05. The molecule has 1 aliphatic carbocycles. The van der Waals surface area contributed by atoms with E-state index in [9.17, 15) is 5.26 Å². The molecule has 4 nitrogen and oxygen atoms in total. The Labute approximate surface area is 103 Å². The van der Waals surface area contributed by atoms with E-state index in [0.29, 0.717) is 0 Å². The lowest BCUT2D eigenvalue weighted by atomic mass is 9.68. The summed E-state index contributed by atoms with van der Waals surface area (Å²) in [5.41, 5.74) is 0.755. The number of aromatic nitrogens is 3. The van der Waals surface area contributed by atoms with Crippen LogP contribution >= 0.6 is 0 Å². The van der Waals surface area contributed by atoms with Crippen LogP contribution in [0.4, 0.5) is 0 Å². The number of nitrogens with zero attached hydrogens (tertiary/aromatic N) is 4.